The van der Waals surface area contributed by atoms with Gasteiger partial charge in [0.25, 0.3) is 5.91 Å². The normalized spacial score (nSPS) is 10.5. The van der Waals surface area contributed by atoms with Crippen molar-refractivity contribution in [3.8, 4) is 17.0 Å². The average molecular weight is 368 g/mol. The Labute approximate surface area is 156 Å². The van der Waals surface area contributed by atoms with E-state index in [1.165, 1.54) is 16.9 Å². The van der Waals surface area contributed by atoms with Gasteiger partial charge in [-0.15, -0.1) is 11.3 Å². The predicted octanol–water partition coefficient (Wildman–Crippen LogP) is 4.02. The van der Waals surface area contributed by atoms with Crippen molar-refractivity contribution in [2.45, 2.75) is 6.42 Å². The molecule has 1 amide bonds. The molecule has 26 heavy (non-hydrogen) atoms. The van der Waals surface area contributed by atoms with Crippen LogP contribution in [0.1, 0.15) is 5.56 Å². The molecule has 0 aliphatic carbocycles. The van der Waals surface area contributed by atoms with E-state index >= 15 is 0 Å². The lowest BCUT2D eigenvalue weighted by Gasteiger charge is -2.05. The molecule has 6 heteroatoms. The smallest absolute Gasteiger partial charge is 0.264 e. The van der Waals surface area contributed by atoms with E-state index in [-0.39, 0.29) is 12.5 Å². The van der Waals surface area contributed by atoms with Crippen LogP contribution in [0.4, 0.5) is 5.13 Å². The second-order valence-electron chi connectivity index (χ2n) is 5.63. The van der Waals surface area contributed by atoms with Crippen LogP contribution in [0, 0.1) is 0 Å². The molecule has 134 valence electrons. The van der Waals surface area contributed by atoms with Gasteiger partial charge in [-0.1, -0.05) is 42.5 Å². The van der Waals surface area contributed by atoms with Crippen LogP contribution in [0.15, 0.2) is 60.0 Å². The zero-order valence-electron chi connectivity index (χ0n) is 14.5. The number of rotatable bonds is 8. The van der Waals surface area contributed by atoms with Gasteiger partial charge in [-0.2, -0.15) is 0 Å². The third kappa shape index (κ3) is 5.15. The fraction of sp³-hybridized carbons (Fsp3) is 0.200. The first-order valence-corrected chi connectivity index (χ1v) is 9.14. The van der Waals surface area contributed by atoms with E-state index in [0.717, 1.165) is 17.7 Å². The van der Waals surface area contributed by atoms with Crippen molar-refractivity contribution in [2.75, 3.05) is 25.6 Å². The summed E-state index contributed by atoms with van der Waals surface area (Å²) in [4.78, 5) is 16.5. The number of hydrogen-bond donors (Lipinski definition) is 1. The number of para-hydroxylation sites is 1. The highest BCUT2D eigenvalue weighted by Gasteiger charge is 2.09. The summed E-state index contributed by atoms with van der Waals surface area (Å²) in [5.41, 5.74) is 3.08. The number of ether oxygens (including phenoxy) is 2. The van der Waals surface area contributed by atoms with Crippen LogP contribution in [0.5, 0.6) is 5.75 Å². The van der Waals surface area contributed by atoms with Gasteiger partial charge in [0, 0.05) is 18.1 Å². The second-order valence-corrected chi connectivity index (χ2v) is 6.49. The maximum atomic E-state index is 12.0. The number of anilines is 1. The number of hydrogen-bond acceptors (Lipinski definition) is 5. The molecule has 3 rings (SSSR count). The summed E-state index contributed by atoms with van der Waals surface area (Å²) in [6, 6.07) is 17.4. The zero-order valence-corrected chi connectivity index (χ0v) is 15.3. The van der Waals surface area contributed by atoms with E-state index in [9.17, 15) is 4.79 Å². The Kier molecular flexibility index (Phi) is 6.35. The van der Waals surface area contributed by atoms with Crippen LogP contribution in [-0.4, -0.2) is 31.2 Å². The molecule has 0 saturated carbocycles. The Balaban J connectivity index is 1.54. The molecule has 0 bridgehead atoms. The first-order valence-electron chi connectivity index (χ1n) is 8.26. The molecule has 1 N–H and O–H groups in total. The molecule has 2 aromatic carbocycles. The minimum absolute atomic E-state index is 0.0485. The van der Waals surface area contributed by atoms with Crippen molar-refractivity contribution in [3.63, 3.8) is 0 Å². The van der Waals surface area contributed by atoms with Gasteiger partial charge in [0.05, 0.1) is 12.3 Å². The van der Waals surface area contributed by atoms with Gasteiger partial charge in [-0.25, -0.2) is 4.98 Å². The number of nitrogens with zero attached hydrogens (tertiary/aromatic N) is 1. The average Bonchev–Trinajstić information content (AvgIpc) is 3.14. The summed E-state index contributed by atoms with van der Waals surface area (Å²) in [5.74, 6) is 0.431. The van der Waals surface area contributed by atoms with Gasteiger partial charge in [0.2, 0.25) is 0 Å². The van der Waals surface area contributed by atoms with Crippen LogP contribution in [-0.2, 0) is 16.0 Å². The summed E-state index contributed by atoms with van der Waals surface area (Å²) in [5, 5.41) is 5.26. The SMILES string of the molecule is COCCc1ccc(-c2csc(NC(=O)COc3ccccc3)n2)cc1. The van der Waals surface area contributed by atoms with Crippen LogP contribution >= 0.6 is 11.3 Å². The molecule has 0 atom stereocenters. The van der Waals surface area contributed by atoms with Crippen molar-refractivity contribution >= 4 is 22.4 Å². The molecule has 0 radical (unpaired) electrons. The predicted molar refractivity (Wildman–Crippen MR) is 104 cm³/mol. The molecule has 3 aromatic rings. The highest BCUT2D eigenvalue weighted by molar-refractivity contribution is 7.14. The van der Waals surface area contributed by atoms with Crippen LogP contribution < -0.4 is 10.1 Å². The van der Waals surface area contributed by atoms with Crippen molar-refractivity contribution in [1.29, 1.82) is 0 Å². The fourth-order valence-electron chi connectivity index (χ4n) is 2.35. The molecular formula is C20H20N2O3S. The number of methoxy groups -OCH3 is 1. The van der Waals surface area contributed by atoms with Crippen LogP contribution in [0.3, 0.4) is 0 Å². The fourth-order valence-corrected chi connectivity index (χ4v) is 3.08. The molecule has 0 aliphatic rings. The molecule has 1 heterocycles. The number of carbonyl (C=O) groups is 1. The van der Waals surface area contributed by atoms with E-state index < -0.39 is 0 Å². The monoisotopic (exact) mass is 368 g/mol. The largest absolute Gasteiger partial charge is 0.484 e. The summed E-state index contributed by atoms with van der Waals surface area (Å²) in [7, 11) is 1.70. The quantitative estimate of drug-likeness (QED) is 0.652. The lowest BCUT2D eigenvalue weighted by molar-refractivity contribution is -0.118. The first-order chi connectivity index (χ1) is 12.7. The molecule has 0 spiro atoms. The van der Waals surface area contributed by atoms with E-state index in [1.54, 1.807) is 7.11 Å². The molecule has 0 saturated heterocycles. The summed E-state index contributed by atoms with van der Waals surface area (Å²) in [6.45, 7) is 0.657. The van der Waals surface area contributed by atoms with Gasteiger partial charge in [-0.05, 0) is 24.1 Å². The highest BCUT2D eigenvalue weighted by atomic mass is 32.1. The van der Waals surface area contributed by atoms with Gasteiger partial charge in [0.15, 0.2) is 11.7 Å². The summed E-state index contributed by atoms with van der Waals surface area (Å²) < 4.78 is 10.5. The maximum absolute atomic E-state index is 12.0. The molecule has 0 unspecified atom stereocenters. The Morgan fingerprint density at radius 1 is 1.12 bits per heavy atom. The van der Waals surface area contributed by atoms with Crippen LogP contribution in [0.2, 0.25) is 0 Å². The van der Waals surface area contributed by atoms with E-state index in [0.29, 0.717) is 17.5 Å². The van der Waals surface area contributed by atoms with E-state index in [1.807, 2.05) is 47.8 Å². The van der Waals surface area contributed by atoms with Crippen molar-refractivity contribution in [3.05, 3.63) is 65.5 Å². The Morgan fingerprint density at radius 3 is 2.62 bits per heavy atom. The Hall–Kier alpha value is -2.70. The zero-order chi connectivity index (χ0) is 18.2. The van der Waals surface area contributed by atoms with Gasteiger partial charge in [0.1, 0.15) is 5.75 Å². The molecule has 5 nitrogen and oxygen atoms in total. The van der Waals surface area contributed by atoms with E-state index in [2.05, 4.69) is 22.4 Å². The molecule has 1 aromatic heterocycles. The van der Waals surface area contributed by atoms with Crippen molar-refractivity contribution < 1.29 is 14.3 Å². The number of aromatic nitrogens is 1. The molecule has 0 aliphatic heterocycles. The Bertz CT molecular complexity index is 832. The Morgan fingerprint density at radius 2 is 1.88 bits per heavy atom. The summed E-state index contributed by atoms with van der Waals surface area (Å²) in [6.07, 6.45) is 0.885. The second kappa shape index (κ2) is 9.12. The lowest BCUT2D eigenvalue weighted by atomic mass is 10.1. The highest BCUT2D eigenvalue weighted by Crippen LogP contribution is 2.25. The minimum atomic E-state index is -0.232. The van der Waals surface area contributed by atoms with Gasteiger partial charge >= 0.3 is 0 Å². The number of thiazole rings is 1. The maximum Gasteiger partial charge on any atom is 0.264 e. The minimum Gasteiger partial charge on any atom is -0.484 e. The number of amides is 1. The number of nitrogens with one attached hydrogen (secondary N) is 1. The van der Waals surface area contributed by atoms with Gasteiger partial charge < -0.3 is 9.47 Å². The van der Waals surface area contributed by atoms with Gasteiger partial charge in [-0.3, -0.25) is 10.1 Å². The third-order valence-corrected chi connectivity index (χ3v) is 4.47. The molecular weight excluding hydrogens is 348 g/mol. The number of benzene rings is 2. The lowest BCUT2D eigenvalue weighted by Crippen LogP contribution is -2.19. The van der Waals surface area contributed by atoms with E-state index in [4.69, 9.17) is 9.47 Å². The van der Waals surface area contributed by atoms with Crippen molar-refractivity contribution in [2.24, 2.45) is 0 Å². The van der Waals surface area contributed by atoms with Crippen molar-refractivity contribution in [1.82, 2.24) is 4.98 Å². The molecule has 0 fully saturated rings. The standard InChI is InChI=1S/C20H20N2O3S/c1-24-12-11-15-7-9-16(10-8-15)18-14-26-20(21-18)22-19(23)13-25-17-5-3-2-4-6-17/h2-10,14H,11-13H2,1H3,(H,21,22,23). The third-order valence-electron chi connectivity index (χ3n) is 3.71. The summed E-state index contributed by atoms with van der Waals surface area (Å²) >= 11 is 1.39. The first kappa shape index (κ1) is 18.1. The number of carbonyl (C=O) groups excluding carboxylic acids is 1. The topological polar surface area (TPSA) is 60.5 Å². The van der Waals surface area contributed by atoms with Crippen LogP contribution in [0.25, 0.3) is 11.3 Å².